The molecule has 1 fully saturated rings. The number of ether oxygens (including phenoxy) is 21. The van der Waals surface area contributed by atoms with Crippen LogP contribution in [0.15, 0.2) is 17.5 Å². The zero-order valence-electron chi connectivity index (χ0n) is 56.7. The number of hydrogen-bond donors (Lipinski definition) is 2. The Morgan fingerprint density at radius 1 is 0.521 bits per heavy atom. The number of unbranched alkanes of at least 4 members (excludes halogenated alkanes) is 1. The lowest BCUT2D eigenvalue weighted by Gasteiger charge is -2.29. The van der Waals surface area contributed by atoms with Crippen molar-refractivity contribution in [1.82, 2.24) is 25.1 Å². The van der Waals surface area contributed by atoms with Crippen LogP contribution in [0, 0.1) is 11.8 Å². The van der Waals surface area contributed by atoms with E-state index in [0.717, 1.165) is 62.8 Å². The molecule has 0 saturated heterocycles. The van der Waals surface area contributed by atoms with Crippen molar-refractivity contribution < 1.29 is 104 Å². The molecule has 31 heteroatoms. The molecule has 1 aliphatic rings. The summed E-state index contributed by atoms with van der Waals surface area (Å²) in [7, 11) is 0. The minimum absolute atomic E-state index is 0.0518. The summed E-state index contributed by atoms with van der Waals surface area (Å²) in [6.45, 7) is 26.0. The molecule has 3 rings (SSSR count). The number of nitrogens with zero attached hydrogens (tertiary/aromatic N) is 7. The molecule has 1 aliphatic carbocycles. The molecule has 0 aliphatic heterocycles. The molecule has 2 aromatic rings. The van der Waals surface area contributed by atoms with Gasteiger partial charge in [0.25, 0.3) is 5.88 Å². The highest BCUT2D eigenvalue weighted by Crippen LogP contribution is 2.34. The van der Waals surface area contributed by atoms with Gasteiger partial charge in [0.2, 0.25) is 5.91 Å². The molecule has 3 N–H and O–H groups in total. The van der Waals surface area contributed by atoms with E-state index in [0.29, 0.717) is 300 Å². The Hall–Kier alpha value is -4.29. The van der Waals surface area contributed by atoms with Crippen LogP contribution in [0.5, 0.6) is 5.88 Å². The van der Waals surface area contributed by atoms with E-state index in [-0.39, 0.29) is 12.0 Å². The molecule has 94 heavy (non-hydrogen) atoms. The molecule has 0 spiro atoms. The second kappa shape index (κ2) is 63.4. The Labute approximate surface area is 556 Å². The van der Waals surface area contributed by atoms with Crippen molar-refractivity contribution in [3.05, 3.63) is 28.6 Å². The molecular formula is C63H115N9O22. The Kier molecular flexibility index (Phi) is 56.7. The van der Waals surface area contributed by atoms with E-state index in [2.05, 4.69) is 37.0 Å². The molecule has 1 amide bonds. The number of aryl methyl sites for hydroxylation is 1. The van der Waals surface area contributed by atoms with Crippen LogP contribution in [0.4, 0.5) is 5.82 Å². The molecule has 31 nitrogen and oxygen atoms in total. The Balaban J connectivity index is 0.913. The van der Waals surface area contributed by atoms with Crippen molar-refractivity contribution in [2.75, 3.05) is 276 Å². The summed E-state index contributed by atoms with van der Waals surface area (Å²) in [5.41, 5.74) is 15.9. The highest BCUT2D eigenvalue weighted by atomic mass is 16.6. The number of azide groups is 1. The van der Waals surface area contributed by atoms with E-state index < -0.39 is 0 Å². The van der Waals surface area contributed by atoms with Gasteiger partial charge in [-0.1, -0.05) is 18.5 Å². The first kappa shape index (κ1) is 83.9. The molecule has 0 aromatic carbocycles. The van der Waals surface area contributed by atoms with E-state index in [1.54, 1.807) is 0 Å². The number of nitrogens with two attached hydrogens (primary N) is 1. The minimum Gasteiger partial charge on any atom is -0.499 e. The summed E-state index contributed by atoms with van der Waals surface area (Å²) in [5.74, 6) is 2.53. The first-order valence-corrected chi connectivity index (χ1v) is 33.6. The number of nitrogens with one attached hydrogen (secondary N) is 1. The summed E-state index contributed by atoms with van der Waals surface area (Å²) in [5, 5.41) is 14.8. The average molecular weight is 1350 g/mol. The second-order valence-electron chi connectivity index (χ2n) is 21.4. The first-order chi connectivity index (χ1) is 46.4. The molecule has 1 saturated carbocycles. The number of hydrogen-bond acceptors (Lipinski definition) is 27. The predicted octanol–water partition coefficient (Wildman–Crippen LogP) is 4.62. The van der Waals surface area contributed by atoms with Crippen LogP contribution in [0.2, 0.25) is 0 Å². The van der Waals surface area contributed by atoms with Crippen LogP contribution in [-0.2, 0) is 112 Å². The summed E-state index contributed by atoms with van der Waals surface area (Å²) in [6.07, 6.45) is 9.92. The van der Waals surface area contributed by atoms with Crippen LogP contribution in [0.25, 0.3) is 21.5 Å². The van der Waals surface area contributed by atoms with Crippen molar-refractivity contribution in [3.63, 3.8) is 0 Å². The Morgan fingerprint density at radius 2 is 0.851 bits per heavy atom. The maximum atomic E-state index is 12.5. The Morgan fingerprint density at radius 3 is 1.18 bits per heavy atom. The van der Waals surface area contributed by atoms with Crippen molar-refractivity contribution >= 4 is 22.8 Å². The van der Waals surface area contributed by atoms with Gasteiger partial charge in [-0.15, -0.1) is 10.2 Å². The third-order valence-corrected chi connectivity index (χ3v) is 13.6. The van der Waals surface area contributed by atoms with Crippen LogP contribution in [-0.4, -0.2) is 303 Å². The van der Waals surface area contributed by atoms with Gasteiger partial charge in [0, 0.05) is 37.0 Å². The van der Waals surface area contributed by atoms with Crippen LogP contribution in [0.3, 0.4) is 0 Å². The maximum absolute atomic E-state index is 12.5. The van der Waals surface area contributed by atoms with E-state index >= 15 is 0 Å². The molecule has 0 radical (unpaired) electrons. The van der Waals surface area contributed by atoms with E-state index in [9.17, 15) is 4.79 Å². The topological polar surface area (TPSA) is 341 Å². The zero-order chi connectivity index (χ0) is 66.9. The number of fused-ring (bicyclic) bond motifs is 1. The largest absolute Gasteiger partial charge is 0.499 e. The average Bonchev–Trinajstić information content (AvgIpc) is 1.61. The standard InChI is InChI=1S/C63H115N9O22/c1-4-5-6-58-68-60-61(63(94-55(2)3)70-69-62(60)64)72(58)54-57-9-7-56(8-10-57)53-66-59(73)11-13-74-15-17-76-19-21-78-23-25-80-27-29-82-31-33-84-35-37-86-39-41-88-43-45-90-47-49-92-51-52-93-50-48-91-46-44-89-42-40-87-38-36-85-34-32-83-30-28-81-26-24-79-22-20-77-18-16-75-14-12-67-71-65/h11,13,55-57H,4-10,12,14-54H2,1-3H3,(H2,64,69)(H,66,73)/t56-,57-. The van der Waals surface area contributed by atoms with Gasteiger partial charge in [-0.25, -0.2) is 4.98 Å². The number of imidazole rings is 1. The van der Waals surface area contributed by atoms with Gasteiger partial charge in [0.1, 0.15) is 23.5 Å². The lowest BCUT2D eigenvalue weighted by atomic mass is 9.82. The predicted molar refractivity (Wildman–Crippen MR) is 347 cm³/mol. The van der Waals surface area contributed by atoms with Gasteiger partial charge in [-0.05, 0) is 63.3 Å². The number of nitrogen functional groups attached to an aromatic ring is 1. The molecule has 2 aromatic heterocycles. The Bertz CT molecular complexity index is 2110. The number of amides is 1. The van der Waals surface area contributed by atoms with Gasteiger partial charge in [-0.3, -0.25) is 4.79 Å². The first-order valence-electron chi connectivity index (χ1n) is 33.6. The number of carbonyl (C=O) groups excluding carboxylic acids is 1. The fourth-order valence-electron chi connectivity index (χ4n) is 8.79. The van der Waals surface area contributed by atoms with Crippen molar-refractivity contribution in [2.45, 2.75) is 78.4 Å². The van der Waals surface area contributed by atoms with Crippen LogP contribution >= 0.6 is 0 Å². The fourth-order valence-corrected chi connectivity index (χ4v) is 8.79. The normalized spacial score (nSPS) is 14.3. The molecular weight excluding hydrogens is 1230 g/mol. The summed E-state index contributed by atoms with van der Waals surface area (Å²) < 4.78 is 118. The summed E-state index contributed by atoms with van der Waals surface area (Å²) in [6, 6.07) is 0. The van der Waals surface area contributed by atoms with Gasteiger partial charge in [0.15, 0.2) is 5.82 Å². The molecule has 0 atom stereocenters. The zero-order valence-corrected chi connectivity index (χ0v) is 56.7. The number of rotatable bonds is 71. The van der Waals surface area contributed by atoms with Crippen molar-refractivity contribution in [3.8, 4) is 5.88 Å². The number of aromatic nitrogens is 4. The lowest BCUT2D eigenvalue weighted by Crippen LogP contribution is -2.31. The minimum atomic E-state index is -0.172. The molecule has 544 valence electrons. The number of anilines is 1. The van der Waals surface area contributed by atoms with Crippen molar-refractivity contribution in [1.29, 1.82) is 0 Å². The highest BCUT2D eigenvalue weighted by molar-refractivity contribution is 5.88. The van der Waals surface area contributed by atoms with Gasteiger partial charge < -0.3 is 115 Å². The monoisotopic (exact) mass is 1350 g/mol. The highest BCUT2D eigenvalue weighted by Gasteiger charge is 2.26. The molecule has 0 unspecified atom stereocenters. The second-order valence-corrected chi connectivity index (χ2v) is 21.4. The summed E-state index contributed by atoms with van der Waals surface area (Å²) >= 11 is 0. The molecule has 0 bridgehead atoms. The lowest BCUT2D eigenvalue weighted by molar-refractivity contribution is -0.116. The van der Waals surface area contributed by atoms with E-state index in [1.165, 1.54) is 12.3 Å². The fraction of sp³-hybridized carbons (Fsp3) is 0.873. The van der Waals surface area contributed by atoms with Gasteiger partial charge in [-0.2, -0.15) is 0 Å². The maximum Gasteiger partial charge on any atom is 0.260 e. The van der Waals surface area contributed by atoms with E-state index in [1.807, 2.05) is 13.8 Å². The van der Waals surface area contributed by atoms with E-state index in [4.69, 9.17) is 116 Å². The van der Waals surface area contributed by atoms with Crippen LogP contribution in [0.1, 0.15) is 65.1 Å². The van der Waals surface area contributed by atoms with Crippen LogP contribution < -0.4 is 15.8 Å². The summed E-state index contributed by atoms with van der Waals surface area (Å²) in [4.78, 5) is 20.0. The number of carbonyl (C=O) groups is 1. The van der Waals surface area contributed by atoms with Gasteiger partial charge >= 0.3 is 0 Å². The molecule has 2 heterocycles. The SMILES string of the molecule is CCCCc1nc2c(N)nnc(OC(C)C)c2n1C[C@H]1CC[C@H](CNC(=O)C=COCCOCCOCCOCCOCCOCCOCCOCCOCCOCCOCCOCCOCCOCCOCCOCCOCCOCCOCCOCCN=[N+]=[N-])CC1. The third-order valence-electron chi connectivity index (χ3n) is 13.6. The van der Waals surface area contributed by atoms with Gasteiger partial charge in [0.05, 0.1) is 263 Å². The quantitative estimate of drug-likeness (QED) is 0.0228. The third kappa shape index (κ3) is 48.4. The smallest absolute Gasteiger partial charge is 0.260 e. The van der Waals surface area contributed by atoms with Crippen molar-refractivity contribution in [2.24, 2.45) is 17.0 Å².